The summed E-state index contributed by atoms with van der Waals surface area (Å²) in [5.74, 6) is 0.831. The normalized spacial score (nSPS) is 10.2. The van der Waals surface area contributed by atoms with Crippen molar-refractivity contribution in [2.45, 2.75) is 0 Å². The second kappa shape index (κ2) is 1.62. The molecular formula is C8H5O. The van der Waals surface area contributed by atoms with Crippen LogP contribution in [-0.4, -0.2) is 0 Å². The second-order valence-electron chi connectivity index (χ2n) is 1.88. The molecule has 43 valence electrons. The summed E-state index contributed by atoms with van der Waals surface area (Å²) >= 11 is 0. The average molecular weight is 117 g/mol. The van der Waals surface area contributed by atoms with Crippen molar-refractivity contribution in [2.75, 3.05) is 0 Å². The van der Waals surface area contributed by atoms with Gasteiger partial charge in [0.15, 0.2) is 0 Å². The van der Waals surface area contributed by atoms with Gasteiger partial charge in [0.05, 0.1) is 6.26 Å². The summed E-state index contributed by atoms with van der Waals surface area (Å²) in [7, 11) is 0. The molecule has 0 spiro atoms. The van der Waals surface area contributed by atoms with Gasteiger partial charge in [-0.15, -0.1) is 0 Å². The molecule has 0 amide bonds. The van der Waals surface area contributed by atoms with Gasteiger partial charge in [0.2, 0.25) is 0 Å². The van der Waals surface area contributed by atoms with E-state index < -0.39 is 0 Å². The van der Waals surface area contributed by atoms with Crippen molar-refractivity contribution in [1.29, 1.82) is 0 Å². The minimum absolute atomic E-state index is 0.831. The summed E-state index contributed by atoms with van der Waals surface area (Å²) < 4.78 is 5.10. The van der Waals surface area contributed by atoms with E-state index in [1.54, 1.807) is 6.26 Å². The fourth-order valence-electron chi connectivity index (χ4n) is 0.850. The fraction of sp³-hybridized carbons (Fsp3) is 0. The maximum absolute atomic E-state index is 5.10. The highest BCUT2D eigenvalue weighted by molar-refractivity contribution is 5.58. The van der Waals surface area contributed by atoms with Gasteiger partial charge in [-0.3, -0.25) is 0 Å². The molecule has 1 heteroatoms. The first-order valence-electron chi connectivity index (χ1n) is 2.81. The predicted octanol–water partition coefficient (Wildman–Crippen LogP) is 2.18. The molecule has 0 aromatic rings. The largest absolute Gasteiger partial charge is 0.464 e. The Bertz CT molecular complexity index is 245. The second-order valence-corrected chi connectivity index (χ2v) is 1.88. The zero-order chi connectivity index (χ0) is 6.10. The maximum Gasteiger partial charge on any atom is 0.141 e. The lowest BCUT2D eigenvalue weighted by Gasteiger charge is -1.91. The Kier molecular flexibility index (Phi) is 0.833. The molecule has 0 saturated carbocycles. The van der Waals surface area contributed by atoms with Gasteiger partial charge >= 0.3 is 0 Å². The predicted molar refractivity (Wildman–Crippen MR) is 34.2 cm³/mol. The van der Waals surface area contributed by atoms with Gasteiger partial charge in [-0.05, 0) is 18.2 Å². The lowest BCUT2D eigenvalue weighted by Crippen LogP contribution is -1.67. The van der Waals surface area contributed by atoms with Crippen molar-refractivity contribution in [3.8, 4) is 11.3 Å². The van der Waals surface area contributed by atoms with Crippen molar-refractivity contribution in [3.05, 3.63) is 36.6 Å². The molecule has 0 unspecified atom stereocenters. The van der Waals surface area contributed by atoms with E-state index in [0.717, 1.165) is 11.3 Å². The monoisotopic (exact) mass is 117 g/mol. The number of fused-ring (bicyclic) bond motifs is 1. The minimum atomic E-state index is 0.831. The minimum Gasteiger partial charge on any atom is -0.464 e. The van der Waals surface area contributed by atoms with Crippen LogP contribution in [0.1, 0.15) is 0 Å². The first kappa shape index (κ1) is 4.62. The molecule has 1 aliphatic carbocycles. The van der Waals surface area contributed by atoms with Crippen LogP contribution in [0.25, 0.3) is 11.3 Å². The van der Waals surface area contributed by atoms with Crippen molar-refractivity contribution >= 4 is 0 Å². The quantitative estimate of drug-likeness (QED) is 0.515. The number of hydrogen-bond donors (Lipinski definition) is 0. The summed E-state index contributed by atoms with van der Waals surface area (Å²) in [5.41, 5.74) is 1.11. The third kappa shape index (κ3) is 0.617. The van der Waals surface area contributed by atoms with E-state index >= 15 is 0 Å². The molecule has 0 saturated heterocycles. The van der Waals surface area contributed by atoms with Gasteiger partial charge in [-0.2, -0.15) is 0 Å². The molecule has 9 heavy (non-hydrogen) atoms. The number of rotatable bonds is 0. The molecule has 1 nitrogen and oxygen atoms in total. The van der Waals surface area contributed by atoms with E-state index in [9.17, 15) is 0 Å². The molecule has 0 bridgehead atoms. The molecule has 1 radical (unpaired) electrons. The van der Waals surface area contributed by atoms with E-state index in [4.69, 9.17) is 4.42 Å². The van der Waals surface area contributed by atoms with E-state index in [1.165, 1.54) is 0 Å². The van der Waals surface area contributed by atoms with E-state index in [0.29, 0.717) is 0 Å². The summed E-state index contributed by atoms with van der Waals surface area (Å²) in [6.07, 6.45) is 1.65. The lowest BCUT2D eigenvalue weighted by molar-refractivity contribution is 0.566. The van der Waals surface area contributed by atoms with Gasteiger partial charge in [0, 0.05) is 11.6 Å². The van der Waals surface area contributed by atoms with Crippen molar-refractivity contribution in [1.82, 2.24) is 0 Å². The van der Waals surface area contributed by atoms with Crippen LogP contribution in [0.5, 0.6) is 0 Å². The Hall–Kier alpha value is -1.24. The molecule has 0 aromatic heterocycles. The molecule has 0 aromatic carbocycles. The standard InChI is InChI=1S/C8H5O/c1-3-7-4-2-6-9-8(7)5-1/h1-4,6H. The van der Waals surface area contributed by atoms with Crippen LogP contribution >= 0.6 is 0 Å². The van der Waals surface area contributed by atoms with E-state index in [1.807, 2.05) is 24.3 Å². The van der Waals surface area contributed by atoms with Gasteiger partial charge in [0.1, 0.15) is 5.76 Å². The molecule has 2 aliphatic rings. The lowest BCUT2D eigenvalue weighted by atomic mass is 10.3. The van der Waals surface area contributed by atoms with Gasteiger partial charge in [-0.25, -0.2) is 0 Å². The Morgan fingerprint density at radius 3 is 3.22 bits per heavy atom. The van der Waals surface area contributed by atoms with Crippen LogP contribution in [-0.2, 0) is 0 Å². The zero-order valence-corrected chi connectivity index (χ0v) is 4.79. The highest BCUT2D eigenvalue weighted by Crippen LogP contribution is 2.20. The first-order chi connectivity index (χ1) is 4.47. The average Bonchev–Trinajstić information content (AvgIpc) is 2.33. The van der Waals surface area contributed by atoms with Gasteiger partial charge < -0.3 is 4.42 Å². The Morgan fingerprint density at radius 2 is 2.33 bits per heavy atom. The Morgan fingerprint density at radius 1 is 1.33 bits per heavy atom. The molecule has 0 N–H and O–H groups in total. The molecule has 0 atom stereocenters. The van der Waals surface area contributed by atoms with Crippen molar-refractivity contribution in [3.63, 3.8) is 0 Å². The highest BCUT2D eigenvalue weighted by Gasteiger charge is 1.99. The van der Waals surface area contributed by atoms with Gasteiger partial charge in [0.25, 0.3) is 0 Å². The third-order valence-corrected chi connectivity index (χ3v) is 1.28. The molecule has 1 heterocycles. The summed E-state index contributed by atoms with van der Waals surface area (Å²) in [5, 5.41) is 0. The van der Waals surface area contributed by atoms with Crippen LogP contribution in [0, 0.1) is 6.07 Å². The molecular weight excluding hydrogens is 112 g/mol. The smallest absolute Gasteiger partial charge is 0.141 e. The first-order valence-corrected chi connectivity index (χ1v) is 2.81. The molecule has 1 aliphatic heterocycles. The van der Waals surface area contributed by atoms with Crippen LogP contribution in [0.4, 0.5) is 0 Å². The maximum atomic E-state index is 5.10. The van der Waals surface area contributed by atoms with Crippen molar-refractivity contribution in [2.24, 2.45) is 0 Å². The van der Waals surface area contributed by atoms with E-state index in [2.05, 4.69) is 6.07 Å². The third-order valence-electron chi connectivity index (χ3n) is 1.28. The summed E-state index contributed by atoms with van der Waals surface area (Å²) in [4.78, 5) is 0. The van der Waals surface area contributed by atoms with Gasteiger partial charge in [-0.1, -0.05) is 6.07 Å². The fourth-order valence-corrected chi connectivity index (χ4v) is 0.850. The summed E-state index contributed by atoms with van der Waals surface area (Å²) in [6, 6.07) is 10.6. The number of hydrogen-bond acceptors (Lipinski definition) is 1. The highest BCUT2D eigenvalue weighted by atomic mass is 16.3. The molecule has 0 fully saturated rings. The SMILES string of the molecule is [c]1ccc2cccoc1-2. The topological polar surface area (TPSA) is 13.1 Å². The Labute approximate surface area is 53.3 Å². The summed E-state index contributed by atoms with van der Waals surface area (Å²) in [6.45, 7) is 0. The zero-order valence-electron chi connectivity index (χ0n) is 4.79. The van der Waals surface area contributed by atoms with Crippen molar-refractivity contribution < 1.29 is 4.42 Å². The Balaban J connectivity index is 2.79. The van der Waals surface area contributed by atoms with Crippen LogP contribution in [0.3, 0.4) is 0 Å². The van der Waals surface area contributed by atoms with Crippen LogP contribution in [0.2, 0.25) is 0 Å². The van der Waals surface area contributed by atoms with E-state index in [-0.39, 0.29) is 0 Å². The van der Waals surface area contributed by atoms with Crippen LogP contribution in [0.15, 0.2) is 34.9 Å². The molecule has 2 rings (SSSR count). The van der Waals surface area contributed by atoms with Crippen LogP contribution < -0.4 is 0 Å².